The maximum atomic E-state index is 13.1. The average Bonchev–Trinajstić information content (AvgIpc) is 2.13. The Morgan fingerprint density at radius 1 is 1.31 bits per heavy atom. The van der Waals surface area contributed by atoms with Crippen LogP contribution in [0.25, 0.3) is 0 Å². The lowest BCUT2D eigenvalue weighted by Crippen LogP contribution is -2.39. The summed E-state index contributed by atoms with van der Waals surface area (Å²) in [5, 5.41) is 0. The fraction of sp³-hybridized carbons (Fsp3) is 0.417. The molecule has 0 aliphatic carbocycles. The summed E-state index contributed by atoms with van der Waals surface area (Å²) in [5.74, 6) is -0.585. The van der Waals surface area contributed by atoms with E-state index in [0.29, 0.717) is 5.75 Å². The van der Waals surface area contributed by atoms with Crippen LogP contribution in [0.3, 0.4) is 0 Å². The molecule has 3 nitrogen and oxygen atoms in total. The van der Waals surface area contributed by atoms with E-state index in [9.17, 15) is 9.18 Å². The average molecular weight is 226 g/mol. The zero-order valence-corrected chi connectivity index (χ0v) is 9.83. The van der Waals surface area contributed by atoms with Crippen LogP contribution in [-0.2, 0) is 9.53 Å². The molecule has 1 aromatic carbocycles. The molecule has 1 aromatic rings. The molecule has 0 saturated carbocycles. The lowest BCUT2D eigenvalue weighted by atomic mass is 10.1. The molecule has 4 heteroatoms. The number of carbonyl (C=O) groups excluding carboxylic acids is 1. The molecule has 1 rings (SSSR count). The van der Waals surface area contributed by atoms with E-state index in [4.69, 9.17) is 4.74 Å². The maximum absolute atomic E-state index is 13.1. The fourth-order valence-corrected chi connectivity index (χ4v) is 1.34. The van der Waals surface area contributed by atoms with Crippen molar-refractivity contribution in [3.05, 3.63) is 29.6 Å². The van der Waals surface area contributed by atoms with Gasteiger partial charge in [0.05, 0.1) is 7.11 Å². The number of benzene rings is 1. The van der Waals surface area contributed by atoms with Crippen LogP contribution in [0, 0.1) is 12.7 Å². The second-order valence-electron chi connectivity index (χ2n) is 4.07. The minimum atomic E-state index is -1.13. The van der Waals surface area contributed by atoms with Crippen molar-refractivity contribution in [2.45, 2.75) is 26.4 Å². The van der Waals surface area contributed by atoms with Gasteiger partial charge in [-0.25, -0.2) is 9.18 Å². The first kappa shape index (κ1) is 12.5. The van der Waals surface area contributed by atoms with Gasteiger partial charge in [0.15, 0.2) is 5.60 Å². The number of halogens is 1. The number of methoxy groups -OCH3 is 1. The van der Waals surface area contributed by atoms with Crippen molar-refractivity contribution in [2.24, 2.45) is 0 Å². The molecule has 0 fully saturated rings. The van der Waals surface area contributed by atoms with Gasteiger partial charge in [0, 0.05) is 6.07 Å². The summed E-state index contributed by atoms with van der Waals surface area (Å²) in [6.07, 6.45) is 0. The van der Waals surface area contributed by atoms with Gasteiger partial charge in [-0.05, 0) is 38.5 Å². The monoisotopic (exact) mass is 226 g/mol. The SMILES string of the molecule is COC(=O)C(C)(C)Oc1cc(C)cc(F)c1. The molecule has 0 saturated heterocycles. The van der Waals surface area contributed by atoms with Gasteiger partial charge < -0.3 is 9.47 Å². The lowest BCUT2D eigenvalue weighted by molar-refractivity contribution is -0.156. The second-order valence-corrected chi connectivity index (χ2v) is 4.07. The van der Waals surface area contributed by atoms with Gasteiger partial charge in [0.25, 0.3) is 0 Å². The summed E-state index contributed by atoms with van der Waals surface area (Å²) in [6, 6.07) is 4.28. The van der Waals surface area contributed by atoms with Crippen molar-refractivity contribution in [3.63, 3.8) is 0 Å². The molecule has 0 unspecified atom stereocenters. The van der Waals surface area contributed by atoms with Gasteiger partial charge >= 0.3 is 5.97 Å². The molecule has 0 aliphatic rings. The zero-order valence-electron chi connectivity index (χ0n) is 9.83. The minimum Gasteiger partial charge on any atom is -0.476 e. The molecular weight excluding hydrogens is 211 g/mol. The molecule has 0 bridgehead atoms. The second kappa shape index (κ2) is 4.51. The highest BCUT2D eigenvalue weighted by atomic mass is 19.1. The molecule has 0 atom stereocenters. The van der Waals surface area contributed by atoms with E-state index in [2.05, 4.69) is 4.74 Å². The van der Waals surface area contributed by atoms with E-state index in [1.54, 1.807) is 26.8 Å². The van der Waals surface area contributed by atoms with Crippen molar-refractivity contribution in [2.75, 3.05) is 7.11 Å². The third-order valence-corrected chi connectivity index (χ3v) is 2.07. The van der Waals surface area contributed by atoms with Crippen molar-refractivity contribution in [1.29, 1.82) is 0 Å². The number of esters is 1. The number of aryl methyl sites for hydroxylation is 1. The Morgan fingerprint density at radius 2 is 1.94 bits per heavy atom. The van der Waals surface area contributed by atoms with Crippen LogP contribution in [-0.4, -0.2) is 18.7 Å². The quantitative estimate of drug-likeness (QED) is 0.743. The van der Waals surface area contributed by atoms with E-state index in [1.807, 2.05) is 0 Å². The molecule has 0 aliphatic heterocycles. The maximum Gasteiger partial charge on any atom is 0.349 e. The highest BCUT2D eigenvalue weighted by Gasteiger charge is 2.31. The fourth-order valence-electron chi connectivity index (χ4n) is 1.34. The van der Waals surface area contributed by atoms with E-state index in [1.165, 1.54) is 19.2 Å². The zero-order chi connectivity index (χ0) is 12.3. The molecule has 88 valence electrons. The first-order valence-electron chi connectivity index (χ1n) is 4.90. The topological polar surface area (TPSA) is 35.5 Å². The van der Waals surface area contributed by atoms with Gasteiger partial charge in [0.2, 0.25) is 0 Å². The normalized spacial score (nSPS) is 11.1. The van der Waals surface area contributed by atoms with Crippen molar-refractivity contribution < 1.29 is 18.7 Å². The molecule has 0 N–H and O–H groups in total. The molecular formula is C12H15FO3. The predicted octanol–water partition coefficient (Wildman–Crippen LogP) is 2.46. The Kier molecular flexibility index (Phi) is 3.52. The minimum absolute atomic E-state index is 0.313. The van der Waals surface area contributed by atoms with E-state index in [-0.39, 0.29) is 0 Å². The Hall–Kier alpha value is -1.58. The predicted molar refractivity (Wildman–Crippen MR) is 57.9 cm³/mol. The summed E-state index contributed by atoms with van der Waals surface area (Å²) in [7, 11) is 1.28. The number of hydrogen-bond acceptors (Lipinski definition) is 3. The first-order valence-corrected chi connectivity index (χ1v) is 4.90. The van der Waals surface area contributed by atoms with Crippen molar-refractivity contribution >= 4 is 5.97 Å². The van der Waals surface area contributed by atoms with Crippen LogP contribution in [0.5, 0.6) is 5.75 Å². The van der Waals surface area contributed by atoms with Crippen LogP contribution in [0.15, 0.2) is 18.2 Å². The van der Waals surface area contributed by atoms with E-state index in [0.717, 1.165) is 5.56 Å². The van der Waals surface area contributed by atoms with Crippen LogP contribution in [0.1, 0.15) is 19.4 Å². The Balaban J connectivity index is 2.91. The molecule has 0 aromatic heterocycles. The summed E-state index contributed by atoms with van der Waals surface area (Å²) in [4.78, 5) is 11.4. The van der Waals surface area contributed by atoms with E-state index >= 15 is 0 Å². The van der Waals surface area contributed by atoms with Gasteiger partial charge in [-0.2, -0.15) is 0 Å². The number of rotatable bonds is 3. The Bertz CT molecular complexity index is 379. The Labute approximate surface area is 94.2 Å². The number of carbonyl (C=O) groups is 1. The van der Waals surface area contributed by atoms with Crippen LogP contribution >= 0.6 is 0 Å². The summed E-state index contributed by atoms with van der Waals surface area (Å²) in [6.45, 7) is 4.89. The third-order valence-electron chi connectivity index (χ3n) is 2.07. The molecule has 0 heterocycles. The van der Waals surface area contributed by atoms with Crippen LogP contribution < -0.4 is 4.74 Å². The highest BCUT2D eigenvalue weighted by Crippen LogP contribution is 2.21. The van der Waals surface area contributed by atoms with Crippen LogP contribution in [0.4, 0.5) is 4.39 Å². The largest absolute Gasteiger partial charge is 0.476 e. The third kappa shape index (κ3) is 2.95. The highest BCUT2D eigenvalue weighted by molar-refractivity contribution is 5.78. The smallest absolute Gasteiger partial charge is 0.349 e. The lowest BCUT2D eigenvalue weighted by Gasteiger charge is -2.23. The van der Waals surface area contributed by atoms with Crippen molar-refractivity contribution in [1.82, 2.24) is 0 Å². The van der Waals surface area contributed by atoms with Crippen LogP contribution in [0.2, 0.25) is 0 Å². The van der Waals surface area contributed by atoms with E-state index < -0.39 is 17.4 Å². The number of hydrogen-bond donors (Lipinski definition) is 0. The molecule has 0 radical (unpaired) electrons. The molecule has 0 spiro atoms. The summed E-state index contributed by atoms with van der Waals surface area (Å²) >= 11 is 0. The molecule has 16 heavy (non-hydrogen) atoms. The standard InChI is InChI=1S/C12H15FO3/c1-8-5-9(13)7-10(6-8)16-12(2,3)11(14)15-4/h5-7H,1-4H3. The summed E-state index contributed by atoms with van der Waals surface area (Å²) in [5.41, 5.74) is -0.398. The molecule has 0 amide bonds. The first-order chi connectivity index (χ1) is 7.35. The van der Waals surface area contributed by atoms with Crippen molar-refractivity contribution in [3.8, 4) is 5.75 Å². The van der Waals surface area contributed by atoms with Gasteiger partial charge in [-0.15, -0.1) is 0 Å². The number of ether oxygens (including phenoxy) is 2. The van der Waals surface area contributed by atoms with Gasteiger partial charge in [-0.1, -0.05) is 0 Å². The van der Waals surface area contributed by atoms with Gasteiger partial charge in [-0.3, -0.25) is 0 Å². The van der Waals surface area contributed by atoms with Gasteiger partial charge in [0.1, 0.15) is 11.6 Å². The summed E-state index contributed by atoms with van der Waals surface area (Å²) < 4.78 is 23.1. The Morgan fingerprint density at radius 3 is 2.44 bits per heavy atom.